The minimum atomic E-state index is -1.16. The van der Waals surface area contributed by atoms with E-state index in [0.717, 1.165) is 19.3 Å². The van der Waals surface area contributed by atoms with Gasteiger partial charge in [-0.2, -0.15) is 0 Å². The maximum atomic E-state index is 10.0. The molecule has 0 aliphatic carbocycles. The lowest BCUT2D eigenvalue weighted by Gasteiger charge is -2.24. The molecule has 0 heterocycles. The molecule has 0 saturated heterocycles. The molecule has 0 aliphatic heterocycles. The van der Waals surface area contributed by atoms with Gasteiger partial charge in [-0.1, -0.05) is 39.7 Å². The smallest absolute Gasteiger partial charge is 0.174 e. The van der Waals surface area contributed by atoms with E-state index in [9.17, 15) is 5.11 Å². The number of aliphatic hydroxyl groups excluding tert-OH is 1. The van der Waals surface area contributed by atoms with E-state index < -0.39 is 15.3 Å². The summed E-state index contributed by atoms with van der Waals surface area (Å²) in [6.07, 6.45) is 6.80. The molecule has 0 aromatic heterocycles. The van der Waals surface area contributed by atoms with Crippen molar-refractivity contribution >= 4 is 9.04 Å². The molecule has 0 rings (SSSR count). The van der Waals surface area contributed by atoms with Gasteiger partial charge >= 0.3 is 0 Å². The highest BCUT2D eigenvalue weighted by atomic mass is 28.3. The Morgan fingerprint density at radius 2 is 1.89 bits per heavy atom. The van der Waals surface area contributed by atoms with Crippen LogP contribution < -0.4 is 0 Å². The van der Waals surface area contributed by atoms with E-state index in [4.69, 9.17) is 4.43 Å². The zero-order valence-electron chi connectivity index (χ0n) is 12.9. The van der Waals surface area contributed by atoms with Crippen molar-refractivity contribution in [1.82, 2.24) is 0 Å². The van der Waals surface area contributed by atoms with Gasteiger partial charge in [-0.25, -0.2) is 0 Å². The fraction of sp³-hybridized carbons (Fsp3) is 0.867. The second kappa shape index (κ2) is 8.89. The predicted octanol–water partition coefficient (Wildman–Crippen LogP) is 4.10. The van der Waals surface area contributed by atoms with Gasteiger partial charge in [-0.05, 0) is 37.8 Å². The summed E-state index contributed by atoms with van der Waals surface area (Å²) < 4.78 is 5.61. The highest BCUT2D eigenvalue weighted by molar-refractivity contribution is 6.48. The molecule has 2 unspecified atom stereocenters. The van der Waals surface area contributed by atoms with Crippen molar-refractivity contribution in [2.24, 2.45) is 11.3 Å². The van der Waals surface area contributed by atoms with Gasteiger partial charge in [0.2, 0.25) is 0 Å². The Labute approximate surface area is 115 Å². The summed E-state index contributed by atoms with van der Waals surface area (Å²) in [6, 6.07) is 0. The zero-order chi connectivity index (χ0) is 14.2. The van der Waals surface area contributed by atoms with Gasteiger partial charge in [0, 0.05) is 5.92 Å². The molecule has 0 amide bonds. The topological polar surface area (TPSA) is 29.5 Å². The average Bonchev–Trinajstić information content (AvgIpc) is 2.20. The molecule has 0 saturated carbocycles. The first-order chi connectivity index (χ1) is 8.26. The van der Waals surface area contributed by atoms with Gasteiger partial charge in [0.05, 0.1) is 0 Å². The molecule has 0 spiro atoms. The lowest BCUT2D eigenvalue weighted by molar-refractivity contribution is -0.0665. The van der Waals surface area contributed by atoms with Crippen LogP contribution in [0.15, 0.2) is 12.7 Å². The van der Waals surface area contributed by atoms with Crippen LogP contribution in [0.4, 0.5) is 0 Å². The van der Waals surface area contributed by atoms with Gasteiger partial charge in [0.1, 0.15) is 6.29 Å². The summed E-state index contributed by atoms with van der Waals surface area (Å²) >= 11 is 0. The van der Waals surface area contributed by atoms with Crippen LogP contribution >= 0.6 is 0 Å². The number of rotatable bonds is 9. The van der Waals surface area contributed by atoms with E-state index in [1.54, 1.807) is 0 Å². The summed E-state index contributed by atoms with van der Waals surface area (Å²) in [5, 5.41) is 10.0. The summed E-state index contributed by atoms with van der Waals surface area (Å²) in [5.74, 6) is 0.220. The van der Waals surface area contributed by atoms with E-state index in [2.05, 4.69) is 40.4 Å². The van der Waals surface area contributed by atoms with Gasteiger partial charge in [-0.15, -0.1) is 6.58 Å². The van der Waals surface area contributed by atoms with E-state index in [1.807, 2.05) is 6.08 Å². The number of unbranched alkanes of at least 4 members (excludes halogenated alkanes) is 1. The highest BCUT2D eigenvalue weighted by Crippen LogP contribution is 2.25. The first-order valence-electron chi connectivity index (χ1n) is 7.20. The molecular formula is C15H32O2Si. The molecule has 2 nitrogen and oxygen atoms in total. The summed E-state index contributed by atoms with van der Waals surface area (Å²) in [4.78, 5) is 0. The van der Waals surface area contributed by atoms with Crippen molar-refractivity contribution in [1.29, 1.82) is 0 Å². The molecule has 1 N–H and O–H groups in total. The molecular weight excluding hydrogens is 240 g/mol. The molecule has 0 aromatic carbocycles. The quantitative estimate of drug-likeness (QED) is 0.296. The molecule has 108 valence electrons. The van der Waals surface area contributed by atoms with E-state index >= 15 is 0 Å². The second-order valence-corrected chi connectivity index (χ2v) is 9.04. The average molecular weight is 273 g/mol. The molecule has 0 aliphatic rings. The van der Waals surface area contributed by atoms with Gasteiger partial charge in [0.15, 0.2) is 9.04 Å². The van der Waals surface area contributed by atoms with Crippen LogP contribution in [0.3, 0.4) is 0 Å². The first kappa shape index (κ1) is 17.9. The van der Waals surface area contributed by atoms with Gasteiger partial charge in [0.25, 0.3) is 0 Å². The molecule has 2 atom stereocenters. The van der Waals surface area contributed by atoms with Crippen molar-refractivity contribution in [3.8, 4) is 0 Å². The van der Waals surface area contributed by atoms with Crippen LogP contribution in [0.1, 0.15) is 52.9 Å². The van der Waals surface area contributed by atoms with Gasteiger partial charge in [-0.3, -0.25) is 0 Å². The number of allylic oxidation sites excluding steroid dienone is 1. The van der Waals surface area contributed by atoms with Crippen LogP contribution in [-0.2, 0) is 4.43 Å². The Bertz CT molecular complexity index is 221. The Hall–Kier alpha value is -0.123. The SMILES string of the molecule is C=CCC(CCCCC(C)(C)C)C(O)O[SiH](C)C. The maximum absolute atomic E-state index is 10.0. The molecule has 0 aromatic rings. The first-order valence-corrected chi connectivity index (χ1v) is 9.98. The Balaban J connectivity index is 4.00. The van der Waals surface area contributed by atoms with Crippen LogP contribution in [0, 0.1) is 11.3 Å². The van der Waals surface area contributed by atoms with E-state index in [-0.39, 0.29) is 5.92 Å². The van der Waals surface area contributed by atoms with Gasteiger partial charge < -0.3 is 9.53 Å². The standard InChI is InChI=1S/C15H32O2Si/c1-7-10-13(14(16)17-18(5)6)11-8-9-12-15(2,3)4/h7,13-14,16,18H,1,8-12H2,2-6H3. The van der Waals surface area contributed by atoms with Crippen molar-refractivity contribution in [3.05, 3.63) is 12.7 Å². The molecule has 0 bridgehead atoms. The van der Waals surface area contributed by atoms with E-state index in [0.29, 0.717) is 5.41 Å². The zero-order valence-corrected chi connectivity index (χ0v) is 14.1. The van der Waals surface area contributed by atoms with Crippen LogP contribution in [0.25, 0.3) is 0 Å². The Morgan fingerprint density at radius 1 is 1.28 bits per heavy atom. The third-order valence-corrected chi connectivity index (χ3v) is 3.86. The summed E-state index contributed by atoms with van der Waals surface area (Å²) in [5.41, 5.74) is 0.411. The minimum Gasteiger partial charge on any atom is -0.396 e. The lowest BCUT2D eigenvalue weighted by Crippen LogP contribution is -2.28. The molecule has 3 heteroatoms. The number of hydrogen-bond donors (Lipinski definition) is 1. The second-order valence-electron chi connectivity index (χ2n) is 6.67. The van der Waals surface area contributed by atoms with Crippen LogP contribution in [0.2, 0.25) is 13.1 Å². The third kappa shape index (κ3) is 9.86. The maximum Gasteiger partial charge on any atom is 0.174 e. The van der Waals surface area contributed by atoms with Crippen molar-refractivity contribution in [2.75, 3.05) is 0 Å². The normalized spacial score (nSPS) is 15.7. The van der Waals surface area contributed by atoms with Crippen molar-refractivity contribution < 1.29 is 9.53 Å². The Kier molecular flexibility index (Phi) is 8.83. The number of hydrogen-bond acceptors (Lipinski definition) is 2. The van der Waals surface area contributed by atoms with E-state index in [1.165, 1.54) is 12.8 Å². The summed E-state index contributed by atoms with van der Waals surface area (Å²) in [6.45, 7) is 14.8. The third-order valence-electron chi connectivity index (χ3n) is 3.04. The molecule has 18 heavy (non-hydrogen) atoms. The highest BCUT2D eigenvalue weighted by Gasteiger charge is 2.19. The molecule has 0 radical (unpaired) electrons. The van der Waals surface area contributed by atoms with Crippen LogP contribution in [0.5, 0.6) is 0 Å². The fourth-order valence-electron chi connectivity index (χ4n) is 2.04. The van der Waals surface area contributed by atoms with Crippen LogP contribution in [-0.4, -0.2) is 20.4 Å². The van der Waals surface area contributed by atoms with Crippen molar-refractivity contribution in [3.63, 3.8) is 0 Å². The predicted molar refractivity (Wildman–Crippen MR) is 82.2 cm³/mol. The summed E-state index contributed by atoms with van der Waals surface area (Å²) in [7, 11) is -1.16. The fourth-order valence-corrected chi connectivity index (χ4v) is 2.82. The number of aliphatic hydroxyl groups is 1. The van der Waals surface area contributed by atoms with Crippen molar-refractivity contribution in [2.45, 2.75) is 72.3 Å². The Morgan fingerprint density at radius 3 is 2.33 bits per heavy atom. The largest absolute Gasteiger partial charge is 0.396 e. The molecule has 0 fully saturated rings. The lowest BCUT2D eigenvalue weighted by atomic mass is 9.88. The minimum absolute atomic E-state index is 0.220. The monoisotopic (exact) mass is 272 g/mol.